The summed E-state index contributed by atoms with van der Waals surface area (Å²) in [6.07, 6.45) is 5.36. The van der Waals surface area contributed by atoms with E-state index in [1.807, 2.05) is 6.92 Å². The molecule has 0 atom stereocenters. The second-order valence-corrected chi connectivity index (χ2v) is 5.24. The van der Waals surface area contributed by atoms with Crippen LogP contribution in [0.4, 0.5) is 0 Å². The summed E-state index contributed by atoms with van der Waals surface area (Å²) in [5.74, 6) is 7.09. The molecule has 0 radical (unpaired) electrons. The van der Waals surface area contributed by atoms with Gasteiger partial charge in [-0.25, -0.2) is 0 Å². The largest absolute Gasteiger partial charge is 0.304 e. The number of hydrogen-bond acceptors (Lipinski definition) is 2. The molecule has 1 aliphatic heterocycles. The molecule has 16 heavy (non-hydrogen) atoms. The normalized spacial score (nSPS) is 33.1. The lowest BCUT2D eigenvalue weighted by Gasteiger charge is -2.40. The van der Waals surface area contributed by atoms with Gasteiger partial charge in [-0.3, -0.25) is 4.90 Å². The molecule has 0 aromatic heterocycles. The molecule has 0 unspecified atom stereocenters. The van der Waals surface area contributed by atoms with Crippen LogP contribution in [0, 0.1) is 17.8 Å². The molecule has 2 aliphatic rings. The number of nitrogens with zero attached hydrogens (tertiary/aromatic N) is 2. The third kappa shape index (κ3) is 2.99. The predicted octanol–water partition coefficient (Wildman–Crippen LogP) is 1.82. The topological polar surface area (TPSA) is 6.48 Å². The molecule has 2 fully saturated rings. The van der Waals surface area contributed by atoms with Gasteiger partial charge in [0, 0.05) is 38.1 Å². The van der Waals surface area contributed by atoms with Gasteiger partial charge in [-0.05, 0) is 39.7 Å². The second kappa shape index (κ2) is 5.70. The molecule has 0 aromatic carbocycles. The lowest BCUT2D eigenvalue weighted by Crippen LogP contribution is -2.49. The number of hydrogen-bond donors (Lipinski definition) is 0. The molecule has 1 aliphatic carbocycles. The molecule has 0 aromatic rings. The van der Waals surface area contributed by atoms with Crippen LogP contribution >= 0.6 is 0 Å². The first kappa shape index (κ1) is 12.0. The van der Waals surface area contributed by atoms with E-state index in [-0.39, 0.29) is 0 Å². The minimum atomic E-state index is 0.689. The van der Waals surface area contributed by atoms with Crippen molar-refractivity contribution in [3.05, 3.63) is 0 Å². The van der Waals surface area contributed by atoms with E-state index in [9.17, 15) is 0 Å². The van der Waals surface area contributed by atoms with Crippen LogP contribution in [0.25, 0.3) is 0 Å². The molecule has 0 spiro atoms. The summed E-state index contributed by atoms with van der Waals surface area (Å²) in [6.45, 7) is 6.99. The average Bonchev–Trinajstić information content (AvgIpc) is 2.32. The van der Waals surface area contributed by atoms with E-state index in [2.05, 4.69) is 28.7 Å². The zero-order chi connectivity index (χ0) is 11.4. The Labute approximate surface area is 100.0 Å². The Kier molecular flexibility index (Phi) is 4.26. The third-order valence-electron chi connectivity index (χ3n) is 4.10. The summed E-state index contributed by atoms with van der Waals surface area (Å²) < 4.78 is 0. The summed E-state index contributed by atoms with van der Waals surface area (Å²) >= 11 is 0. The quantitative estimate of drug-likeness (QED) is 0.622. The molecule has 0 bridgehead atoms. The van der Waals surface area contributed by atoms with Crippen molar-refractivity contribution in [1.82, 2.24) is 9.80 Å². The van der Waals surface area contributed by atoms with Gasteiger partial charge >= 0.3 is 0 Å². The molecular weight excluding hydrogens is 196 g/mol. The minimum absolute atomic E-state index is 0.689. The van der Waals surface area contributed by atoms with Crippen molar-refractivity contribution in [3.63, 3.8) is 0 Å². The Balaban J connectivity index is 1.77. The molecular formula is C14H24N2. The van der Waals surface area contributed by atoms with Crippen molar-refractivity contribution in [1.29, 1.82) is 0 Å². The molecule has 2 rings (SSSR count). The van der Waals surface area contributed by atoms with Crippen LogP contribution in [0.1, 0.15) is 32.6 Å². The fourth-order valence-electron chi connectivity index (χ4n) is 2.98. The van der Waals surface area contributed by atoms with E-state index in [0.717, 1.165) is 6.04 Å². The van der Waals surface area contributed by atoms with E-state index in [0.29, 0.717) is 5.92 Å². The van der Waals surface area contributed by atoms with Crippen LogP contribution in [0.5, 0.6) is 0 Å². The Morgan fingerprint density at radius 2 is 1.56 bits per heavy atom. The van der Waals surface area contributed by atoms with Gasteiger partial charge < -0.3 is 4.90 Å². The van der Waals surface area contributed by atoms with Gasteiger partial charge in [0.15, 0.2) is 0 Å². The van der Waals surface area contributed by atoms with Crippen molar-refractivity contribution >= 4 is 0 Å². The SMILES string of the molecule is CC#CC1CCC(N2CCN(C)CC2)CC1. The summed E-state index contributed by atoms with van der Waals surface area (Å²) in [7, 11) is 2.23. The Bertz CT molecular complexity index is 260. The highest BCUT2D eigenvalue weighted by molar-refractivity contribution is 5.03. The predicted molar refractivity (Wildman–Crippen MR) is 68.3 cm³/mol. The van der Waals surface area contributed by atoms with E-state index >= 15 is 0 Å². The zero-order valence-corrected chi connectivity index (χ0v) is 10.7. The molecule has 90 valence electrons. The van der Waals surface area contributed by atoms with Gasteiger partial charge in [0.2, 0.25) is 0 Å². The molecule has 0 N–H and O–H groups in total. The van der Waals surface area contributed by atoms with Gasteiger partial charge in [-0.2, -0.15) is 0 Å². The van der Waals surface area contributed by atoms with Crippen molar-refractivity contribution in [2.45, 2.75) is 38.6 Å². The summed E-state index contributed by atoms with van der Waals surface area (Å²) in [5, 5.41) is 0. The first-order valence-electron chi connectivity index (χ1n) is 6.64. The maximum atomic E-state index is 3.34. The van der Waals surface area contributed by atoms with Crippen molar-refractivity contribution < 1.29 is 0 Å². The first-order valence-corrected chi connectivity index (χ1v) is 6.64. The lowest BCUT2D eigenvalue weighted by atomic mass is 9.85. The van der Waals surface area contributed by atoms with Gasteiger partial charge in [0.1, 0.15) is 0 Å². The van der Waals surface area contributed by atoms with E-state index in [1.54, 1.807) is 0 Å². The molecule has 1 saturated heterocycles. The maximum absolute atomic E-state index is 3.34. The molecule has 2 nitrogen and oxygen atoms in total. The zero-order valence-electron chi connectivity index (χ0n) is 10.7. The fraction of sp³-hybridized carbons (Fsp3) is 0.857. The van der Waals surface area contributed by atoms with Gasteiger partial charge in [0.05, 0.1) is 0 Å². The van der Waals surface area contributed by atoms with Crippen LogP contribution in [0.15, 0.2) is 0 Å². The highest BCUT2D eigenvalue weighted by Gasteiger charge is 2.26. The summed E-state index contributed by atoms with van der Waals surface area (Å²) in [4.78, 5) is 5.14. The van der Waals surface area contributed by atoms with E-state index < -0.39 is 0 Å². The monoisotopic (exact) mass is 220 g/mol. The standard InChI is InChI=1S/C14H24N2/c1-3-4-13-5-7-14(8-6-13)16-11-9-15(2)10-12-16/h13-14H,5-12H2,1-2H3. The van der Waals surface area contributed by atoms with Crippen LogP contribution in [-0.4, -0.2) is 49.1 Å². The average molecular weight is 220 g/mol. The summed E-state index contributed by atoms with van der Waals surface area (Å²) in [6, 6.07) is 0.851. The highest BCUT2D eigenvalue weighted by Crippen LogP contribution is 2.27. The van der Waals surface area contributed by atoms with Crippen LogP contribution in [0.3, 0.4) is 0 Å². The maximum Gasteiger partial charge on any atom is 0.0203 e. The Hall–Kier alpha value is -0.520. The first-order chi connectivity index (χ1) is 7.79. The molecule has 1 heterocycles. The van der Waals surface area contributed by atoms with E-state index in [1.165, 1.54) is 51.9 Å². The lowest BCUT2D eigenvalue weighted by molar-refractivity contribution is 0.0863. The van der Waals surface area contributed by atoms with Crippen molar-refractivity contribution in [3.8, 4) is 11.8 Å². The van der Waals surface area contributed by atoms with Crippen LogP contribution in [-0.2, 0) is 0 Å². The number of rotatable bonds is 1. The van der Waals surface area contributed by atoms with Crippen LogP contribution < -0.4 is 0 Å². The van der Waals surface area contributed by atoms with Gasteiger partial charge in [-0.1, -0.05) is 0 Å². The third-order valence-corrected chi connectivity index (χ3v) is 4.10. The number of piperazine rings is 1. The van der Waals surface area contributed by atoms with Gasteiger partial charge in [0.25, 0.3) is 0 Å². The van der Waals surface area contributed by atoms with E-state index in [4.69, 9.17) is 0 Å². The van der Waals surface area contributed by atoms with Crippen LogP contribution in [0.2, 0.25) is 0 Å². The molecule has 0 amide bonds. The Morgan fingerprint density at radius 3 is 2.12 bits per heavy atom. The number of likely N-dealkylation sites (N-methyl/N-ethyl adjacent to an activating group) is 1. The van der Waals surface area contributed by atoms with Crippen molar-refractivity contribution in [2.24, 2.45) is 5.92 Å². The molecule has 2 heteroatoms. The minimum Gasteiger partial charge on any atom is -0.304 e. The summed E-state index contributed by atoms with van der Waals surface area (Å²) in [5.41, 5.74) is 0. The Morgan fingerprint density at radius 1 is 0.938 bits per heavy atom. The van der Waals surface area contributed by atoms with Gasteiger partial charge in [-0.15, -0.1) is 11.8 Å². The smallest absolute Gasteiger partial charge is 0.0203 e. The van der Waals surface area contributed by atoms with Crippen molar-refractivity contribution in [2.75, 3.05) is 33.2 Å². The second-order valence-electron chi connectivity index (χ2n) is 5.24. The highest BCUT2D eigenvalue weighted by atomic mass is 15.3. The fourth-order valence-corrected chi connectivity index (χ4v) is 2.98. The molecule has 1 saturated carbocycles.